The summed E-state index contributed by atoms with van der Waals surface area (Å²) in [6.45, 7) is 2.59. The van der Waals surface area contributed by atoms with E-state index in [1.807, 2.05) is 24.3 Å². The van der Waals surface area contributed by atoms with Crippen LogP contribution in [-0.2, 0) is 17.9 Å². The summed E-state index contributed by atoms with van der Waals surface area (Å²) in [6, 6.07) is 7.59. The van der Waals surface area contributed by atoms with E-state index < -0.39 is 0 Å². The lowest BCUT2D eigenvalue weighted by Gasteiger charge is -2.08. The maximum atomic E-state index is 11.5. The Bertz CT molecular complexity index is 355. The number of benzene rings is 1. The van der Waals surface area contributed by atoms with E-state index in [-0.39, 0.29) is 12.5 Å². The summed E-state index contributed by atoms with van der Waals surface area (Å²) in [5.41, 5.74) is 1.85. The molecule has 0 aromatic heterocycles. The van der Waals surface area contributed by atoms with E-state index in [1.54, 1.807) is 11.8 Å². The van der Waals surface area contributed by atoms with E-state index in [9.17, 15) is 4.79 Å². The maximum Gasteiger partial charge on any atom is 0.221 e. The molecule has 0 aliphatic rings. The zero-order valence-electron chi connectivity index (χ0n) is 10.1. The second-order valence-corrected chi connectivity index (χ2v) is 5.04. The first-order valence-electron chi connectivity index (χ1n) is 5.80. The Morgan fingerprint density at radius 2 is 2.06 bits per heavy atom. The zero-order chi connectivity index (χ0) is 12.5. The van der Waals surface area contributed by atoms with Crippen LogP contribution in [0.3, 0.4) is 0 Å². The van der Waals surface area contributed by atoms with Crippen molar-refractivity contribution in [3.63, 3.8) is 0 Å². The third kappa shape index (κ3) is 5.24. The van der Waals surface area contributed by atoms with E-state index in [0.29, 0.717) is 13.0 Å². The monoisotopic (exact) mass is 253 g/mol. The van der Waals surface area contributed by atoms with Crippen LogP contribution in [-0.4, -0.2) is 22.5 Å². The number of rotatable bonds is 7. The van der Waals surface area contributed by atoms with Crippen LogP contribution in [0.2, 0.25) is 0 Å². The van der Waals surface area contributed by atoms with Crippen molar-refractivity contribution in [3.05, 3.63) is 35.4 Å². The molecule has 0 atom stereocenters. The van der Waals surface area contributed by atoms with Crippen LogP contribution in [0.4, 0.5) is 0 Å². The summed E-state index contributed by atoms with van der Waals surface area (Å²) in [4.78, 5) is 11.5. The van der Waals surface area contributed by atoms with Gasteiger partial charge in [-0.1, -0.05) is 31.2 Å². The second-order valence-electron chi connectivity index (χ2n) is 3.65. The molecule has 0 fully saturated rings. The lowest BCUT2D eigenvalue weighted by molar-refractivity contribution is -0.120. The highest BCUT2D eigenvalue weighted by atomic mass is 32.2. The van der Waals surface area contributed by atoms with Gasteiger partial charge in [0.15, 0.2) is 0 Å². The molecule has 1 amide bonds. The van der Waals surface area contributed by atoms with Crippen molar-refractivity contribution < 1.29 is 9.90 Å². The van der Waals surface area contributed by atoms with Crippen molar-refractivity contribution >= 4 is 17.7 Å². The Morgan fingerprint density at radius 3 is 2.71 bits per heavy atom. The summed E-state index contributed by atoms with van der Waals surface area (Å²) in [5.74, 6) is 1.98. The van der Waals surface area contributed by atoms with Crippen LogP contribution in [0.25, 0.3) is 0 Å². The average molecular weight is 253 g/mol. The molecular formula is C13H19NO2S. The minimum Gasteiger partial charge on any atom is -0.392 e. The number of hydrogen-bond donors (Lipinski definition) is 2. The van der Waals surface area contributed by atoms with E-state index >= 15 is 0 Å². The van der Waals surface area contributed by atoms with Gasteiger partial charge in [0.05, 0.1) is 6.61 Å². The SMILES string of the molecule is CCSCCC(=O)NCc1ccccc1CO. The number of carbonyl (C=O) groups is 1. The standard InChI is InChI=1S/C13H19NO2S/c1-2-17-8-7-13(16)14-9-11-5-3-4-6-12(11)10-15/h3-6,15H,2,7-10H2,1H3,(H,14,16). The quantitative estimate of drug-likeness (QED) is 0.730. The van der Waals surface area contributed by atoms with Crippen molar-refractivity contribution in [1.82, 2.24) is 5.32 Å². The number of hydrogen-bond acceptors (Lipinski definition) is 3. The Balaban J connectivity index is 2.36. The highest BCUT2D eigenvalue weighted by molar-refractivity contribution is 7.99. The number of carbonyl (C=O) groups excluding carboxylic acids is 1. The van der Waals surface area contributed by atoms with Gasteiger partial charge in [-0.15, -0.1) is 0 Å². The lowest BCUT2D eigenvalue weighted by atomic mass is 10.1. The molecule has 0 unspecified atom stereocenters. The van der Waals surface area contributed by atoms with E-state index in [1.165, 1.54) is 0 Å². The highest BCUT2D eigenvalue weighted by Gasteiger charge is 2.03. The zero-order valence-corrected chi connectivity index (χ0v) is 10.9. The number of aliphatic hydroxyl groups excluding tert-OH is 1. The van der Waals surface area contributed by atoms with E-state index in [2.05, 4.69) is 12.2 Å². The molecule has 0 bridgehead atoms. The first-order chi connectivity index (χ1) is 8.27. The Hall–Kier alpha value is -1.00. The van der Waals surface area contributed by atoms with Crippen LogP contribution in [0.15, 0.2) is 24.3 Å². The number of thioether (sulfide) groups is 1. The fraction of sp³-hybridized carbons (Fsp3) is 0.462. The lowest BCUT2D eigenvalue weighted by Crippen LogP contribution is -2.23. The van der Waals surface area contributed by atoms with Crippen molar-refractivity contribution in [2.45, 2.75) is 26.5 Å². The molecule has 0 spiro atoms. The van der Waals surface area contributed by atoms with Crippen LogP contribution in [0, 0.1) is 0 Å². The molecular weight excluding hydrogens is 234 g/mol. The molecule has 2 N–H and O–H groups in total. The minimum atomic E-state index is 0.0116. The summed E-state index contributed by atoms with van der Waals surface area (Å²) < 4.78 is 0. The first-order valence-corrected chi connectivity index (χ1v) is 6.95. The smallest absolute Gasteiger partial charge is 0.221 e. The van der Waals surface area contributed by atoms with Gasteiger partial charge in [0, 0.05) is 18.7 Å². The van der Waals surface area contributed by atoms with Crippen LogP contribution >= 0.6 is 11.8 Å². The molecule has 94 valence electrons. The normalized spacial score (nSPS) is 10.2. The first kappa shape index (κ1) is 14.1. The van der Waals surface area contributed by atoms with Gasteiger partial charge in [-0.3, -0.25) is 4.79 Å². The van der Waals surface area contributed by atoms with E-state index in [0.717, 1.165) is 22.6 Å². The topological polar surface area (TPSA) is 49.3 Å². The predicted molar refractivity (Wildman–Crippen MR) is 71.8 cm³/mol. The maximum absolute atomic E-state index is 11.5. The van der Waals surface area contributed by atoms with Crippen molar-refractivity contribution in [2.24, 2.45) is 0 Å². The van der Waals surface area contributed by atoms with Gasteiger partial charge in [-0.25, -0.2) is 0 Å². The van der Waals surface area contributed by atoms with Crippen molar-refractivity contribution in [1.29, 1.82) is 0 Å². The van der Waals surface area contributed by atoms with Gasteiger partial charge in [-0.05, 0) is 16.9 Å². The molecule has 1 aromatic rings. The third-order valence-corrected chi connectivity index (χ3v) is 3.34. The molecule has 17 heavy (non-hydrogen) atoms. The molecule has 0 aliphatic carbocycles. The molecule has 0 saturated carbocycles. The van der Waals surface area contributed by atoms with Gasteiger partial charge < -0.3 is 10.4 Å². The molecule has 3 nitrogen and oxygen atoms in total. The molecule has 0 radical (unpaired) electrons. The van der Waals surface area contributed by atoms with Gasteiger partial charge in [-0.2, -0.15) is 11.8 Å². The summed E-state index contributed by atoms with van der Waals surface area (Å²) in [7, 11) is 0. The van der Waals surface area contributed by atoms with E-state index in [4.69, 9.17) is 5.11 Å². The van der Waals surface area contributed by atoms with Gasteiger partial charge in [0.1, 0.15) is 0 Å². The Kier molecular flexibility index (Phi) is 6.74. The molecule has 1 aromatic carbocycles. The minimum absolute atomic E-state index is 0.0116. The van der Waals surface area contributed by atoms with Gasteiger partial charge in [0.2, 0.25) is 5.91 Å². The number of amides is 1. The average Bonchev–Trinajstić information content (AvgIpc) is 2.37. The molecule has 1 rings (SSSR count). The molecule has 0 aliphatic heterocycles. The molecule has 0 saturated heterocycles. The second kappa shape index (κ2) is 8.14. The third-order valence-electron chi connectivity index (χ3n) is 2.44. The molecule has 0 heterocycles. The van der Waals surface area contributed by atoms with Gasteiger partial charge in [0.25, 0.3) is 0 Å². The Morgan fingerprint density at radius 1 is 1.35 bits per heavy atom. The summed E-state index contributed by atoms with van der Waals surface area (Å²) in [5, 5.41) is 12.0. The fourth-order valence-corrected chi connectivity index (χ4v) is 2.09. The van der Waals surface area contributed by atoms with Crippen molar-refractivity contribution in [3.8, 4) is 0 Å². The predicted octanol–water partition coefficient (Wildman–Crippen LogP) is 1.94. The summed E-state index contributed by atoms with van der Waals surface area (Å²) in [6.07, 6.45) is 0.555. The van der Waals surface area contributed by atoms with Crippen LogP contribution in [0.5, 0.6) is 0 Å². The number of nitrogens with one attached hydrogen (secondary N) is 1. The van der Waals surface area contributed by atoms with Crippen molar-refractivity contribution in [2.75, 3.05) is 11.5 Å². The fourth-order valence-electron chi connectivity index (χ4n) is 1.48. The largest absolute Gasteiger partial charge is 0.392 e. The molecule has 4 heteroatoms. The highest BCUT2D eigenvalue weighted by Crippen LogP contribution is 2.08. The van der Waals surface area contributed by atoms with Gasteiger partial charge >= 0.3 is 0 Å². The Labute approximate surface area is 107 Å². The van der Waals surface area contributed by atoms with Crippen LogP contribution < -0.4 is 5.32 Å². The summed E-state index contributed by atoms with van der Waals surface area (Å²) >= 11 is 1.76. The number of aliphatic hydroxyl groups is 1. The van der Waals surface area contributed by atoms with Crippen LogP contribution in [0.1, 0.15) is 24.5 Å².